The molecule has 0 saturated carbocycles. The molecule has 20 heavy (non-hydrogen) atoms. The summed E-state index contributed by atoms with van der Waals surface area (Å²) in [5, 5.41) is 7.82. The van der Waals surface area contributed by atoms with E-state index in [9.17, 15) is 0 Å². The minimum atomic E-state index is -0.0267. The van der Waals surface area contributed by atoms with Gasteiger partial charge in [0.15, 0.2) is 0 Å². The van der Waals surface area contributed by atoms with Gasteiger partial charge in [-0.3, -0.25) is 5.41 Å². The van der Waals surface area contributed by atoms with Crippen LogP contribution in [-0.2, 0) is 0 Å². The molecule has 3 N–H and O–H groups in total. The summed E-state index contributed by atoms with van der Waals surface area (Å²) in [7, 11) is 0. The Hall–Kier alpha value is -1.74. The first kappa shape index (κ1) is 14.7. The van der Waals surface area contributed by atoms with Crippen LogP contribution < -0.4 is 5.73 Å². The zero-order valence-electron chi connectivity index (χ0n) is 11.9. The van der Waals surface area contributed by atoms with Gasteiger partial charge in [0.2, 0.25) is 0 Å². The SMILES string of the molecule is Cc1ccc(C)c(SCC(C(=N)N)c2ccccc2)c1. The Balaban J connectivity index is 2.14. The molecule has 104 valence electrons. The minimum absolute atomic E-state index is 0.0267. The van der Waals surface area contributed by atoms with Crippen LogP contribution in [-0.4, -0.2) is 11.6 Å². The minimum Gasteiger partial charge on any atom is -0.387 e. The fourth-order valence-electron chi connectivity index (χ4n) is 2.09. The molecule has 2 aromatic rings. The first-order valence-corrected chi connectivity index (χ1v) is 7.65. The Morgan fingerprint density at radius 2 is 1.85 bits per heavy atom. The molecule has 0 bridgehead atoms. The average molecular weight is 284 g/mol. The molecule has 0 fully saturated rings. The van der Waals surface area contributed by atoms with Crippen molar-refractivity contribution in [1.29, 1.82) is 5.41 Å². The van der Waals surface area contributed by atoms with Crippen LogP contribution in [0.2, 0.25) is 0 Å². The highest BCUT2D eigenvalue weighted by Crippen LogP contribution is 2.29. The zero-order valence-corrected chi connectivity index (χ0v) is 12.7. The molecule has 0 aliphatic rings. The smallest absolute Gasteiger partial charge is 0.0990 e. The predicted octanol–water partition coefficient (Wildman–Crippen LogP) is 4.12. The van der Waals surface area contributed by atoms with Gasteiger partial charge in [-0.25, -0.2) is 0 Å². The quantitative estimate of drug-likeness (QED) is 0.493. The monoisotopic (exact) mass is 284 g/mol. The van der Waals surface area contributed by atoms with Crippen LogP contribution in [0.1, 0.15) is 22.6 Å². The van der Waals surface area contributed by atoms with E-state index >= 15 is 0 Å². The molecule has 1 unspecified atom stereocenters. The highest BCUT2D eigenvalue weighted by atomic mass is 32.2. The van der Waals surface area contributed by atoms with E-state index in [0.717, 1.165) is 11.3 Å². The van der Waals surface area contributed by atoms with E-state index in [4.69, 9.17) is 11.1 Å². The van der Waals surface area contributed by atoms with Crippen molar-refractivity contribution >= 4 is 17.6 Å². The highest BCUT2D eigenvalue weighted by Gasteiger charge is 2.15. The molecule has 0 aromatic heterocycles. The van der Waals surface area contributed by atoms with Crippen molar-refractivity contribution < 1.29 is 0 Å². The number of hydrogen-bond donors (Lipinski definition) is 2. The van der Waals surface area contributed by atoms with Crippen LogP contribution in [0.25, 0.3) is 0 Å². The van der Waals surface area contributed by atoms with E-state index in [-0.39, 0.29) is 11.8 Å². The van der Waals surface area contributed by atoms with Gasteiger partial charge in [-0.2, -0.15) is 0 Å². The number of hydrogen-bond acceptors (Lipinski definition) is 2. The molecule has 2 nitrogen and oxygen atoms in total. The Kier molecular flexibility index (Phi) is 4.85. The van der Waals surface area contributed by atoms with Crippen molar-refractivity contribution in [3.05, 3.63) is 65.2 Å². The van der Waals surface area contributed by atoms with Crippen LogP contribution in [0, 0.1) is 19.3 Å². The molecule has 0 aliphatic carbocycles. The van der Waals surface area contributed by atoms with Gasteiger partial charge in [-0.1, -0.05) is 48.0 Å². The lowest BCUT2D eigenvalue weighted by molar-refractivity contribution is 1.00. The van der Waals surface area contributed by atoms with E-state index < -0.39 is 0 Å². The zero-order chi connectivity index (χ0) is 14.5. The maximum absolute atomic E-state index is 7.82. The molecule has 0 heterocycles. The molecule has 0 saturated heterocycles. The Bertz CT molecular complexity index is 593. The third-order valence-corrected chi connectivity index (χ3v) is 4.58. The molecule has 3 heteroatoms. The second-order valence-electron chi connectivity index (χ2n) is 5.00. The number of rotatable bonds is 5. The molecule has 0 spiro atoms. The number of thioether (sulfide) groups is 1. The van der Waals surface area contributed by atoms with Gasteiger partial charge < -0.3 is 5.73 Å². The maximum Gasteiger partial charge on any atom is 0.0990 e. The van der Waals surface area contributed by atoms with Gasteiger partial charge in [-0.15, -0.1) is 11.8 Å². The van der Waals surface area contributed by atoms with Crippen LogP contribution in [0.5, 0.6) is 0 Å². The summed E-state index contributed by atoms with van der Waals surface area (Å²) < 4.78 is 0. The molecule has 2 rings (SSSR count). The fraction of sp³-hybridized carbons (Fsp3) is 0.235. The lowest BCUT2D eigenvalue weighted by Crippen LogP contribution is -2.22. The summed E-state index contributed by atoms with van der Waals surface area (Å²) in [6.07, 6.45) is 0. The fourth-order valence-corrected chi connectivity index (χ4v) is 3.37. The summed E-state index contributed by atoms with van der Waals surface area (Å²) in [6, 6.07) is 16.5. The van der Waals surface area contributed by atoms with Gasteiger partial charge >= 0.3 is 0 Å². The van der Waals surface area contributed by atoms with Crippen molar-refractivity contribution in [2.45, 2.75) is 24.7 Å². The summed E-state index contributed by atoms with van der Waals surface area (Å²) in [5.74, 6) is 0.999. The topological polar surface area (TPSA) is 49.9 Å². The van der Waals surface area contributed by atoms with Crippen molar-refractivity contribution in [3.8, 4) is 0 Å². The lowest BCUT2D eigenvalue weighted by Gasteiger charge is -2.16. The molecule has 0 amide bonds. The van der Waals surface area contributed by atoms with E-state index in [0.29, 0.717) is 0 Å². The molecule has 0 radical (unpaired) electrons. The van der Waals surface area contributed by atoms with Gasteiger partial charge in [0.05, 0.1) is 11.8 Å². The first-order valence-electron chi connectivity index (χ1n) is 6.67. The van der Waals surface area contributed by atoms with E-state index in [1.165, 1.54) is 16.0 Å². The Labute approximate surface area is 124 Å². The normalized spacial score (nSPS) is 12.1. The summed E-state index contributed by atoms with van der Waals surface area (Å²) in [4.78, 5) is 1.27. The maximum atomic E-state index is 7.82. The molecule has 1 atom stereocenters. The Morgan fingerprint density at radius 1 is 1.15 bits per heavy atom. The van der Waals surface area contributed by atoms with E-state index in [2.05, 4.69) is 32.0 Å². The standard InChI is InChI=1S/C17H20N2S/c1-12-8-9-13(2)16(10-12)20-11-15(17(18)19)14-6-4-3-5-7-14/h3-10,15H,11H2,1-2H3,(H3,18,19). The van der Waals surface area contributed by atoms with E-state index in [1.54, 1.807) is 11.8 Å². The number of nitrogens with two attached hydrogens (primary N) is 1. The van der Waals surface area contributed by atoms with E-state index in [1.807, 2.05) is 30.3 Å². The predicted molar refractivity (Wildman–Crippen MR) is 87.7 cm³/mol. The average Bonchev–Trinajstić information content (AvgIpc) is 2.43. The van der Waals surface area contributed by atoms with Crippen molar-refractivity contribution in [2.75, 3.05) is 5.75 Å². The largest absolute Gasteiger partial charge is 0.387 e. The van der Waals surface area contributed by atoms with Crippen molar-refractivity contribution in [1.82, 2.24) is 0 Å². The molecular formula is C17H20N2S. The number of amidine groups is 1. The van der Waals surface area contributed by atoms with Gasteiger partial charge in [0.1, 0.15) is 0 Å². The number of aryl methyl sites for hydroxylation is 2. The summed E-state index contributed by atoms with van der Waals surface area (Å²) in [5.41, 5.74) is 9.42. The van der Waals surface area contributed by atoms with Gasteiger partial charge in [0.25, 0.3) is 0 Å². The van der Waals surface area contributed by atoms with Gasteiger partial charge in [-0.05, 0) is 31.0 Å². The van der Waals surface area contributed by atoms with Crippen molar-refractivity contribution in [3.63, 3.8) is 0 Å². The highest BCUT2D eigenvalue weighted by molar-refractivity contribution is 7.99. The summed E-state index contributed by atoms with van der Waals surface area (Å²) >= 11 is 1.77. The molecule has 0 aliphatic heterocycles. The Morgan fingerprint density at radius 3 is 2.50 bits per heavy atom. The molecular weight excluding hydrogens is 264 g/mol. The summed E-state index contributed by atoms with van der Waals surface area (Å²) in [6.45, 7) is 4.22. The van der Waals surface area contributed by atoms with Crippen LogP contribution in [0.15, 0.2) is 53.4 Å². The van der Waals surface area contributed by atoms with Crippen LogP contribution in [0.3, 0.4) is 0 Å². The number of benzene rings is 2. The lowest BCUT2D eigenvalue weighted by atomic mass is 10.0. The van der Waals surface area contributed by atoms with Crippen molar-refractivity contribution in [2.24, 2.45) is 5.73 Å². The van der Waals surface area contributed by atoms with Gasteiger partial charge in [0, 0.05) is 10.6 Å². The van der Waals surface area contributed by atoms with Crippen LogP contribution >= 0.6 is 11.8 Å². The molecule has 2 aromatic carbocycles. The third kappa shape index (κ3) is 3.64. The number of nitrogens with one attached hydrogen (secondary N) is 1. The second-order valence-corrected chi connectivity index (χ2v) is 6.06. The second kappa shape index (κ2) is 6.62. The third-order valence-electron chi connectivity index (χ3n) is 3.33. The van der Waals surface area contributed by atoms with Crippen LogP contribution in [0.4, 0.5) is 0 Å². The first-order chi connectivity index (χ1) is 9.58.